The molecule has 0 spiro atoms. The maximum atomic E-state index is 12.9. The van der Waals surface area contributed by atoms with Gasteiger partial charge < -0.3 is 4.74 Å². The monoisotopic (exact) mass is 375 g/mol. The van der Waals surface area contributed by atoms with Crippen LogP contribution in [0, 0.1) is 3.57 Å². The number of aromatic nitrogens is 1. The predicted molar refractivity (Wildman–Crippen MR) is 67.3 cm³/mol. The fourth-order valence-electron chi connectivity index (χ4n) is 1.28. The molecule has 1 aromatic heterocycles. The highest BCUT2D eigenvalue weighted by atomic mass is 127. The van der Waals surface area contributed by atoms with Crippen molar-refractivity contribution in [3.8, 4) is 0 Å². The van der Waals surface area contributed by atoms with Gasteiger partial charge in [0.2, 0.25) is 0 Å². The predicted octanol–water partition coefficient (Wildman–Crippen LogP) is 3.38. The van der Waals surface area contributed by atoms with Crippen LogP contribution in [0.1, 0.15) is 24.5 Å². The van der Waals surface area contributed by atoms with Gasteiger partial charge in [0.25, 0.3) is 6.43 Å². The lowest BCUT2D eigenvalue weighted by atomic mass is 10.1. The lowest BCUT2D eigenvalue weighted by Crippen LogP contribution is -2.11. The molecule has 17 heavy (non-hydrogen) atoms. The van der Waals surface area contributed by atoms with E-state index in [-0.39, 0.29) is 32.9 Å². The Kier molecular flexibility index (Phi) is 5.51. The third-order valence-electron chi connectivity index (χ3n) is 1.97. The van der Waals surface area contributed by atoms with Crippen LogP contribution in [0.3, 0.4) is 0 Å². The number of ether oxygens (including phenoxy) is 1. The maximum absolute atomic E-state index is 12.9. The Morgan fingerprint density at radius 1 is 1.65 bits per heavy atom. The smallest absolute Gasteiger partial charge is 0.310 e. The number of hydrogen-bond donors (Lipinski definition) is 0. The topological polar surface area (TPSA) is 39.2 Å². The van der Waals surface area contributed by atoms with Crippen LogP contribution in [0.25, 0.3) is 0 Å². The van der Waals surface area contributed by atoms with Crippen LogP contribution in [-0.2, 0) is 16.0 Å². The highest BCUT2D eigenvalue weighted by Gasteiger charge is 2.22. The zero-order chi connectivity index (χ0) is 13.0. The molecule has 7 heteroatoms. The number of rotatable bonds is 4. The molecule has 0 atom stereocenters. The highest BCUT2D eigenvalue weighted by molar-refractivity contribution is 14.1. The van der Waals surface area contributed by atoms with E-state index in [0.29, 0.717) is 0 Å². The van der Waals surface area contributed by atoms with Gasteiger partial charge in [0.15, 0.2) is 0 Å². The molecule has 0 N–H and O–H groups in total. The van der Waals surface area contributed by atoms with Crippen LogP contribution in [0.5, 0.6) is 0 Å². The summed E-state index contributed by atoms with van der Waals surface area (Å²) >= 11 is 7.47. The number of carbonyl (C=O) groups excluding carboxylic acids is 1. The van der Waals surface area contributed by atoms with Crippen LogP contribution in [0.4, 0.5) is 8.78 Å². The van der Waals surface area contributed by atoms with E-state index in [0.717, 1.165) is 0 Å². The van der Waals surface area contributed by atoms with Crippen molar-refractivity contribution in [2.24, 2.45) is 0 Å². The second-order valence-electron chi connectivity index (χ2n) is 3.07. The molecule has 0 aliphatic heterocycles. The molecule has 1 rings (SSSR count). The summed E-state index contributed by atoms with van der Waals surface area (Å²) in [5.41, 5.74) is -0.217. The lowest BCUT2D eigenvalue weighted by Gasteiger charge is -2.11. The summed E-state index contributed by atoms with van der Waals surface area (Å²) in [5.74, 6) is -0.597. The minimum absolute atomic E-state index is 0.0343. The largest absolute Gasteiger partial charge is 0.466 e. The second-order valence-corrected chi connectivity index (χ2v) is 4.59. The van der Waals surface area contributed by atoms with Crippen molar-refractivity contribution in [2.75, 3.05) is 6.61 Å². The summed E-state index contributed by atoms with van der Waals surface area (Å²) in [6, 6.07) is 0. The van der Waals surface area contributed by atoms with E-state index in [4.69, 9.17) is 16.3 Å². The standard InChI is InChI=1S/C10H9ClF2INO2/c1-2-17-7(16)3-5-8(10(12)13)6(14)4-15-9(5)11/h4,10H,2-3H2,1H3. The van der Waals surface area contributed by atoms with Crippen LogP contribution in [0.15, 0.2) is 6.20 Å². The van der Waals surface area contributed by atoms with Crippen molar-refractivity contribution in [3.05, 3.63) is 26.0 Å². The van der Waals surface area contributed by atoms with Crippen molar-refractivity contribution in [1.29, 1.82) is 0 Å². The van der Waals surface area contributed by atoms with Crippen LogP contribution in [-0.4, -0.2) is 17.6 Å². The first kappa shape index (κ1) is 14.6. The van der Waals surface area contributed by atoms with E-state index in [1.165, 1.54) is 6.20 Å². The number of esters is 1. The van der Waals surface area contributed by atoms with E-state index < -0.39 is 12.4 Å². The van der Waals surface area contributed by atoms with Crippen LogP contribution in [0.2, 0.25) is 5.15 Å². The van der Waals surface area contributed by atoms with Gasteiger partial charge in [0.1, 0.15) is 5.15 Å². The molecule has 0 unspecified atom stereocenters. The SMILES string of the molecule is CCOC(=O)Cc1c(Cl)ncc(I)c1C(F)F. The number of nitrogens with zero attached hydrogens (tertiary/aromatic N) is 1. The van der Waals surface area contributed by atoms with Crippen molar-refractivity contribution >= 4 is 40.2 Å². The van der Waals surface area contributed by atoms with E-state index in [9.17, 15) is 13.6 Å². The third kappa shape index (κ3) is 3.74. The Balaban J connectivity index is 3.12. The number of carbonyl (C=O) groups is 1. The van der Waals surface area contributed by atoms with Gasteiger partial charge in [0, 0.05) is 20.9 Å². The van der Waals surface area contributed by atoms with Gasteiger partial charge in [-0.15, -0.1) is 0 Å². The van der Waals surface area contributed by atoms with Crippen molar-refractivity contribution < 1.29 is 18.3 Å². The zero-order valence-corrected chi connectivity index (χ0v) is 11.8. The van der Waals surface area contributed by atoms with Crippen LogP contribution < -0.4 is 0 Å². The molecule has 0 aliphatic rings. The first-order chi connectivity index (χ1) is 7.97. The molecular formula is C10H9ClF2INO2. The molecule has 0 radical (unpaired) electrons. The summed E-state index contributed by atoms with van der Waals surface area (Å²) in [4.78, 5) is 15.0. The molecule has 0 fully saturated rings. The number of alkyl halides is 2. The Morgan fingerprint density at radius 3 is 2.82 bits per heavy atom. The Labute approximate surface area is 116 Å². The molecule has 0 amide bonds. The summed E-state index contributed by atoms with van der Waals surface area (Å²) in [6.45, 7) is 1.83. The minimum Gasteiger partial charge on any atom is -0.466 e. The fraction of sp³-hybridized carbons (Fsp3) is 0.400. The first-order valence-electron chi connectivity index (χ1n) is 4.73. The van der Waals surface area contributed by atoms with Crippen molar-refractivity contribution in [2.45, 2.75) is 19.8 Å². The van der Waals surface area contributed by atoms with Gasteiger partial charge in [-0.1, -0.05) is 11.6 Å². The number of halogens is 4. The molecule has 0 aromatic carbocycles. The van der Waals surface area contributed by atoms with Crippen molar-refractivity contribution in [1.82, 2.24) is 4.98 Å². The van der Waals surface area contributed by atoms with E-state index >= 15 is 0 Å². The Morgan fingerprint density at radius 2 is 2.29 bits per heavy atom. The molecule has 3 nitrogen and oxygen atoms in total. The summed E-state index contributed by atoms with van der Waals surface area (Å²) in [5, 5.41) is -0.0891. The van der Waals surface area contributed by atoms with E-state index in [2.05, 4.69) is 4.98 Å². The third-order valence-corrected chi connectivity index (χ3v) is 3.15. The molecular weight excluding hydrogens is 366 g/mol. The molecule has 0 aliphatic carbocycles. The fourth-order valence-corrected chi connectivity index (χ4v) is 2.19. The lowest BCUT2D eigenvalue weighted by molar-refractivity contribution is -0.142. The number of pyridine rings is 1. The number of hydrogen-bond acceptors (Lipinski definition) is 3. The molecule has 94 valence electrons. The van der Waals surface area contributed by atoms with E-state index in [1.54, 1.807) is 29.5 Å². The highest BCUT2D eigenvalue weighted by Crippen LogP contribution is 2.31. The van der Waals surface area contributed by atoms with Crippen molar-refractivity contribution in [3.63, 3.8) is 0 Å². The van der Waals surface area contributed by atoms with Gasteiger partial charge in [-0.2, -0.15) is 0 Å². The second kappa shape index (κ2) is 6.44. The van der Waals surface area contributed by atoms with Gasteiger partial charge in [0.05, 0.1) is 13.0 Å². The molecule has 1 aromatic rings. The molecule has 0 saturated heterocycles. The quantitative estimate of drug-likeness (QED) is 0.460. The van der Waals surface area contributed by atoms with Gasteiger partial charge in [-0.3, -0.25) is 4.79 Å². The Hall–Kier alpha value is -0.500. The first-order valence-corrected chi connectivity index (χ1v) is 6.19. The summed E-state index contributed by atoms with van der Waals surface area (Å²) in [6.07, 6.45) is -1.75. The van der Waals surface area contributed by atoms with E-state index in [1.807, 2.05) is 0 Å². The molecule has 0 bridgehead atoms. The zero-order valence-electron chi connectivity index (χ0n) is 8.84. The summed E-state index contributed by atoms with van der Waals surface area (Å²) in [7, 11) is 0. The molecule has 0 saturated carbocycles. The van der Waals surface area contributed by atoms with Crippen LogP contribution >= 0.6 is 34.2 Å². The van der Waals surface area contributed by atoms with Gasteiger partial charge in [-0.25, -0.2) is 13.8 Å². The Bertz CT molecular complexity index is 429. The normalized spacial score (nSPS) is 10.7. The van der Waals surface area contributed by atoms with Gasteiger partial charge >= 0.3 is 5.97 Å². The average molecular weight is 376 g/mol. The molecule has 1 heterocycles. The summed E-state index contributed by atoms with van der Waals surface area (Å²) < 4.78 is 30.7. The minimum atomic E-state index is -2.70. The van der Waals surface area contributed by atoms with Gasteiger partial charge in [-0.05, 0) is 29.5 Å². The maximum Gasteiger partial charge on any atom is 0.310 e. The average Bonchev–Trinajstić information content (AvgIpc) is 2.23.